The third-order valence-corrected chi connectivity index (χ3v) is 6.56. The molecular formula is C24H23N3O5S. The van der Waals surface area contributed by atoms with Gasteiger partial charge in [0, 0.05) is 37.8 Å². The average molecular weight is 466 g/mol. The fourth-order valence-corrected chi connectivity index (χ4v) is 4.40. The third kappa shape index (κ3) is 4.98. The Balaban J connectivity index is 1.59. The quantitative estimate of drug-likeness (QED) is 0.460. The molecule has 1 aliphatic heterocycles. The molecule has 170 valence electrons. The van der Waals surface area contributed by atoms with Gasteiger partial charge in [0.05, 0.1) is 23.5 Å². The van der Waals surface area contributed by atoms with Gasteiger partial charge in [-0.3, -0.25) is 18.8 Å². The Hall–Kier alpha value is -3.45. The van der Waals surface area contributed by atoms with Gasteiger partial charge in [-0.05, 0) is 29.8 Å². The number of nitrogens with zero attached hydrogens (tertiary/aromatic N) is 3. The van der Waals surface area contributed by atoms with Crippen molar-refractivity contribution in [2.75, 3.05) is 13.1 Å². The molecule has 0 atom stereocenters. The van der Waals surface area contributed by atoms with Crippen LogP contribution in [-0.2, 0) is 36.7 Å². The van der Waals surface area contributed by atoms with E-state index in [0.717, 1.165) is 15.8 Å². The highest BCUT2D eigenvalue weighted by atomic mass is 32.2. The Labute approximate surface area is 191 Å². The van der Waals surface area contributed by atoms with E-state index in [-0.39, 0.29) is 17.0 Å². The van der Waals surface area contributed by atoms with E-state index in [1.165, 1.54) is 28.8 Å². The van der Waals surface area contributed by atoms with Gasteiger partial charge in [-0.15, -0.1) is 0 Å². The molecule has 9 heteroatoms. The molecule has 1 aliphatic rings. The Morgan fingerprint density at radius 2 is 1.73 bits per heavy atom. The minimum atomic E-state index is -4.31. The summed E-state index contributed by atoms with van der Waals surface area (Å²) in [4.78, 5) is 27.9. The van der Waals surface area contributed by atoms with E-state index in [9.17, 15) is 18.0 Å². The van der Waals surface area contributed by atoms with Crippen LogP contribution >= 0.6 is 0 Å². The molecule has 0 aliphatic carbocycles. The first-order valence-electron chi connectivity index (χ1n) is 10.4. The lowest BCUT2D eigenvalue weighted by Crippen LogP contribution is -2.47. The number of hydrogen-bond acceptors (Lipinski definition) is 5. The molecule has 4 rings (SSSR count). The van der Waals surface area contributed by atoms with Crippen molar-refractivity contribution in [3.05, 3.63) is 97.8 Å². The van der Waals surface area contributed by atoms with Gasteiger partial charge in [0.25, 0.3) is 15.7 Å². The van der Waals surface area contributed by atoms with E-state index in [1.807, 2.05) is 30.3 Å². The van der Waals surface area contributed by atoms with Crippen LogP contribution in [0.15, 0.2) is 69.1 Å². The minimum Gasteiger partial charge on any atom is -0.300 e. The van der Waals surface area contributed by atoms with Crippen LogP contribution in [0.3, 0.4) is 0 Å². The molecule has 0 spiro atoms. The van der Waals surface area contributed by atoms with Crippen LogP contribution in [0.2, 0.25) is 0 Å². The van der Waals surface area contributed by atoms with E-state index in [1.54, 1.807) is 7.05 Å². The Kier molecular flexibility index (Phi) is 6.33. The second-order valence-electron chi connectivity index (χ2n) is 7.91. The maximum Gasteiger partial charge on any atom is 0.331 e. The van der Waals surface area contributed by atoms with Crippen molar-refractivity contribution in [1.82, 2.24) is 14.0 Å². The van der Waals surface area contributed by atoms with Gasteiger partial charge < -0.3 is 4.57 Å². The molecule has 0 saturated heterocycles. The first kappa shape index (κ1) is 22.7. The normalized spacial score (nSPS) is 13.8. The van der Waals surface area contributed by atoms with E-state index >= 15 is 0 Å². The van der Waals surface area contributed by atoms with Crippen LogP contribution in [0.4, 0.5) is 0 Å². The highest BCUT2D eigenvalue weighted by Gasteiger charge is 2.24. The van der Waals surface area contributed by atoms with Crippen LogP contribution in [0.1, 0.15) is 22.4 Å². The van der Waals surface area contributed by atoms with E-state index in [4.69, 9.17) is 4.55 Å². The minimum absolute atomic E-state index is 0.00163. The summed E-state index contributed by atoms with van der Waals surface area (Å²) in [5.41, 5.74) is 2.03. The van der Waals surface area contributed by atoms with Crippen LogP contribution < -0.4 is 11.2 Å². The van der Waals surface area contributed by atoms with E-state index in [2.05, 4.69) is 16.7 Å². The van der Waals surface area contributed by atoms with Crippen molar-refractivity contribution >= 4 is 10.1 Å². The van der Waals surface area contributed by atoms with Crippen molar-refractivity contribution in [2.24, 2.45) is 7.05 Å². The largest absolute Gasteiger partial charge is 0.331 e. The first-order valence-corrected chi connectivity index (χ1v) is 11.8. The lowest BCUT2D eigenvalue weighted by molar-refractivity contribution is 0.275. The predicted molar refractivity (Wildman–Crippen MR) is 124 cm³/mol. The summed E-state index contributed by atoms with van der Waals surface area (Å²) in [6.45, 7) is 1.60. The zero-order valence-corrected chi connectivity index (χ0v) is 18.9. The lowest BCUT2D eigenvalue weighted by Gasteiger charge is -2.28. The topological polar surface area (TPSA) is 102 Å². The van der Waals surface area contributed by atoms with Gasteiger partial charge in [-0.25, -0.2) is 4.79 Å². The zero-order valence-electron chi connectivity index (χ0n) is 18.1. The second-order valence-corrected chi connectivity index (χ2v) is 9.33. The van der Waals surface area contributed by atoms with E-state index < -0.39 is 15.8 Å². The number of hydrogen-bond donors (Lipinski definition) is 1. The van der Waals surface area contributed by atoms with Crippen molar-refractivity contribution in [2.45, 2.75) is 24.4 Å². The van der Waals surface area contributed by atoms with Gasteiger partial charge in [0.2, 0.25) is 0 Å². The summed E-state index contributed by atoms with van der Waals surface area (Å²) in [6.07, 6.45) is 0.577. The molecule has 8 nitrogen and oxygen atoms in total. The molecule has 2 heterocycles. The molecule has 3 aromatic rings. The van der Waals surface area contributed by atoms with Crippen molar-refractivity contribution in [3.63, 3.8) is 0 Å². The van der Waals surface area contributed by atoms with Crippen molar-refractivity contribution in [1.29, 1.82) is 0 Å². The second kappa shape index (κ2) is 9.19. The summed E-state index contributed by atoms with van der Waals surface area (Å²) >= 11 is 0. The summed E-state index contributed by atoms with van der Waals surface area (Å²) in [7, 11) is -2.65. The summed E-state index contributed by atoms with van der Waals surface area (Å²) in [6, 6.07) is 15.1. The van der Waals surface area contributed by atoms with Gasteiger partial charge in [-0.2, -0.15) is 8.42 Å². The summed E-state index contributed by atoms with van der Waals surface area (Å²) in [5.74, 6) is 6.27. The van der Waals surface area contributed by atoms with Gasteiger partial charge in [-0.1, -0.05) is 42.2 Å². The maximum absolute atomic E-state index is 13.2. The molecule has 0 radical (unpaired) electrons. The van der Waals surface area contributed by atoms with Gasteiger partial charge >= 0.3 is 5.69 Å². The molecule has 1 aromatic heterocycles. The van der Waals surface area contributed by atoms with E-state index in [0.29, 0.717) is 37.2 Å². The monoisotopic (exact) mass is 465 g/mol. The van der Waals surface area contributed by atoms with Crippen LogP contribution in [0, 0.1) is 11.8 Å². The van der Waals surface area contributed by atoms with Crippen molar-refractivity contribution in [3.8, 4) is 11.8 Å². The van der Waals surface area contributed by atoms with Crippen LogP contribution in [-0.4, -0.2) is 40.1 Å². The maximum atomic E-state index is 13.2. The van der Waals surface area contributed by atoms with Crippen molar-refractivity contribution < 1.29 is 13.0 Å². The predicted octanol–water partition coefficient (Wildman–Crippen LogP) is 1.25. The highest BCUT2D eigenvalue weighted by Crippen LogP contribution is 2.15. The molecule has 0 unspecified atom stereocenters. The molecule has 0 bridgehead atoms. The SMILES string of the molecule is Cn1c2c(c(=O)n(Cc3ccc(S(=O)(=O)O)cc3)c1=O)CN(CC#Cc1ccccc1)CC2. The van der Waals surface area contributed by atoms with Gasteiger partial charge in [0.15, 0.2) is 0 Å². The standard InChI is InChI=1S/C24H23N3O5S/c1-25-22-13-15-26(14-5-8-18-6-3-2-4-7-18)17-21(22)23(28)27(24(25)29)16-19-9-11-20(12-10-19)33(30,31)32/h2-4,6-7,9-12H,13-17H2,1H3,(H,30,31,32). The number of aromatic nitrogens is 2. The molecule has 33 heavy (non-hydrogen) atoms. The summed E-state index contributed by atoms with van der Waals surface area (Å²) < 4.78 is 34.3. The average Bonchev–Trinajstić information content (AvgIpc) is 2.81. The number of benzene rings is 2. The summed E-state index contributed by atoms with van der Waals surface area (Å²) in [5, 5.41) is 0. The Morgan fingerprint density at radius 3 is 2.39 bits per heavy atom. The molecule has 0 saturated carbocycles. The number of fused-ring (bicyclic) bond motifs is 1. The van der Waals surface area contributed by atoms with Crippen LogP contribution in [0.5, 0.6) is 0 Å². The van der Waals surface area contributed by atoms with Gasteiger partial charge in [0.1, 0.15) is 0 Å². The fraction of sp³-hybridized carbons (Fsp3) is 0.250. The molecule has 0 fully saturated rings. The lowest BCUT2D eigenvalue weighted by atomic mass is 10.1. The molecule has 1 N–H and O–H groups in total. The highest BCUT2D eigenvalue weighted by molar-refractivity contribution is 7.85. The Bertz CT molecular complexity index is 1460. The smallest absolute Gasteiger partial charge is 0.300 e. The molecule has 0 amide bonds. The fourth-order valence-electron chi connectivity index (χ4n) is 3.92. The van der Waals surface area contributed by atoms with Crippen LogP contribution in [0.25, 0.3) is 0 Å². The third-order valence-electron chi connectivity index (χ3n) is 5.69. The molecular weight excluding hydrogens is 442 g/mol. The Morgan fingerprint density at radius 1 is 1.03 bits per heavy atom. The number of rotatable bonds is 4. The molecule has 2 aromatic carbocycles. The zero-order chi connectivity index (χ0) is 23.6. The first-order chi connectivity index (χ1) is 15.7.